The molecule has 6 heteroatoms. The van der Waals surface area contributed by atoms with E-state index in [1.807, 2.05) is 6.92 Å². The highest BCUT2D eigenvalue weighted by Gasteiger charge is 2.23. The minimum Gasteiger partial charge on any atom is -0.332 e. The number of hydrogen-bond acceptors (Lipinski definition) is 3. The van der Waals surface area contributed by atoms with E-state index in [2.05, 4.69) is 28.5 Å². The predicted molar refractivity (Wildman–Crippen MR) is 67.2 cm³/mol. The van der Waals surface area contributed by atoms with Crippen LogP contribution in [0.3, 0.4) is 0 Å². The molecule has 0 spiro atoms. The maximum absolute atomic E-state index is 12.0. The quantitative estimate of drug-likeness (QED) is 0.818. The predicted octanol–water partition coefficient (Wildman–Crippen LogP) is 1.82. The van der Waals surface area contributed by atoms with Gasteiger partial charge in [-0.05, 0) is 19.8 Å². The molecule has 0 aliphatic rings. The summed E-state index contributed by atoms with van der Waals surface area (Å²) in [4.78, 5) is 6.64. The SMILES string of the molecule is CCC(CC)C(C)NS(=O)(=O)c1cnc(C)[nH]1. The lowest BCUT2D eigenvalue weighted by Gasteiger charge is -2.21. The van der Waals surface area contributed by atoms with E-state index >= 15 is 0 Å². The van der Waals surface area contributed by atoms with Crippen LogP contribution in [0.5, 0.6) is 0 Å². The second-order valence-electron chi connectivity index (χ2n) is 4.32. The molecule has 0 bridgehead atoms. The number of aryl methyl sites for hydroxylation is 1. The van der Waals surface area contributed by atoms with Gasteiger partial charge in [-0.25, -0.2) is 18.1 Å². The number of H-pyrrole nitrogens is 1. The molecule has 0 aliphatic heterocycles. The molecule has 1 aromatic rings. The summed E-state index contributed by atoms with van der Waals surface area (Å²) >= 11 is 0. The van der Waals surface area contributed by atoms with Gasteiger partial charge in [0.1, 0.15) is 5.82 Å². The molecule has 0 saturated carbocycles. The zero-order valence-corrected chi connectivity index (χ0v) is 11.6. The first-order chi connectivity index (χ1) is 7.90. The van der Waals surface area contributed by atoms with Crippen molar-refractivity contribution in [3.8, 4) is 0 Å². The number of rotatable bonds is 6. The molecule has 1 aromatic heterocycles. The first kappa shape index (κ1) is 14.2. The molecule has 1 rings (SSSR count). The highest BCUT2D eigenvalue weighted by molar-refractivity contribution is 7.89. The van der Waals surface area contributed by atoms with Gasteiger partial charge in [-0.1, -0.05) is 26.7 Å². The molecule has 0 aromatic carbocycles. The monoisotopic (exact) mass is 259 g/mol. The molecule has 1 heterocycles. The summed E-state index contributed by atoms with van der Waals surface area (Å²) in [6, 6.07) is -0.0707. The van der Waals surface area contributed by atoms with Crippen molar-refractivity contribution in [3.63, 3.8) is 0 Å². The molecule has 0 fully saturated rings. The van der Waals surface area contributed by atoms with Gasteiger partial charge in [0, 0.05) is 6.04 Å². The number of imidazole rings is 1. The second-order valence-corrected chi connectivity index (χ2v) is 6.00. The van der Waals surface area contributed by atoms with Crippen LogP contribution in [0.25, 0.3) is 0 Å². The van der Waals surface area contributed by atoms with Gasteiger partial charge in [0.2, 0.25) is 0 Å². The summed E-state index contributed by atoms with van der Waals surface area (Å²) in [5, 5.41) is 0.132. The van der Waals surface area contributed by atoms with Crippen LogP contribution in [0.4, 0.5) is 0 Å². The summed E-state index contributed by atoms with van der Waals surface area (Å²) in [5.74, 6) is 0.953. The minimum atomic E-state index is -3.47. The Labute approximate surface area is 103 Å². The third-order valence-electron chi connectivity index (χ3n) is 3.07. The van der Waals surface area contributed by atoms with E-state index in [1.165, 1.54) is 6.20 Å². The smallest absolute Gasteiger partial charge is 0.257 e. The van der Waals surface area contributed by atoms with E-state index in [4.69, 9.17) is 0 Å². The molecular formula is C11H21N3O2S. The fourth-order valence-corrected chi connectivity index (χ4v) is 3.22. The summed E-state index contributed by atoms with van der Waals surface area (Å²) in [6.07, 6.45) is 3.27. The first-order valence-electron chi connectivity index (χ1n) is 5.94. The van der Waals surface area contributed by atoms with Crippen molar-refractivity contribution >= 4 is 10.0 Å². The number of aromatic nitrogens is 2. The topological polar surface area (TPSA) is 74.8 Å². The number of aromatic amines is 1. The van der Waals surface area contributed by atoms with Crippen molar-refractivity contribution in [2.24, 2.45) is 5.92 Å². The molecule has 17 heavy (non-hydrogen) atoms. The number of nitrogens with zero attached hydrogens (tertiary/aromatic N) is 1. The Bertz CT molecular complexity index is 449. The Hall–Kier alpha value is -0.880. The molecule has 0 amide bonds. The lowest BCUT2D eigenvalue weighted by molar-refractivity contribution is 0.390. The minimum absolute atomic E-state index is 0.0707. The fraction of sp³-hybridized carbons (Fsp3) is 0.727. The van der Waals surface area contributed by atoms with Gasteiger partial charge in [-0.15, -0.1) is 0 Å². The molecule has 98 valence electrons. The van der Waals surface area contributed by atoms with Crippen LogP contribution < -0.4 is 4.72 Å². The molecule has 5 nitrogen and oxygen atoms in total. The van der Waals surface area contributed by atoms with E-state index in [9.17, 15) is 8.42 Å². The third-order valence-corrected chi connectivity index (χ3v) is 4.53. The lowest BCUT2D eigenvalue weighted by atomic mass is 9.96. The zero-order chi connectivity index (χ0) is 13.1. The summed E-state index contributed by atoms with van der Waals surface area (Å²) in [5.41, 5.74) is 0. The average Bonchev–Trinajstić information content (AvgIpc) is 2.66. The summed E-state index contributed by atoms with van der Waals surface area (Å²) in [7, 11) is -3.47. The fourth-order valence-electron chi connectivity index (χ4n) is 1.94. The van der Waals surface area contributed by atoms with Crippen LogP contribution in [0, 0.1) is 12.8 Å². The molecule has 1 atom stereocenters. The maximum atomic E-state index is 12.0. The van der Waals surface area contributed by atoms with Crippen molar-refractivity contribution in [2.45, 2.75) is 51.6 Å². The van der Waals surface area contributed by atoms with Crippen LogP contribution in [0.2, 0.25) is 0 Å². The Balaban J connectivity index is 2.80. The van der Waals surface area contributed by atoms with Gasteiger partial charge in [0.05, 0.1) is 6.20 Å². The summed E-state index contributed by atoms with van der Waals surface area (Å²) in [6.45, 7) is 7.76. The standard InChI is InChI=1S/C11H21N3O2S/c1-5-10(6-2)8(3)14-17(15,16)11-7-12-9(4)13-11/h7-8,10,14H,5-6H2,1-4H3,(H,12,13). The Morgan fingerprint density at radius 1 is 1.41 bits per heavy atom. The average molecular weight is 259 g/mol. The van der Waals surface area contributed by atoms with Crippen LogP contribution >= 0.6 is 0 Å². The number of hydrogen-bond donors (Lipinski definition) is 2. The molecule has 0 saturated heterocycles. The van der Waals surface area contributed by atoms with Gasteiger partial charge >= 0.3 is 0 Å². The Morgan fingerprint density at radius 2 is 2.00 bits per heavy atom. The zero-order valence-electron chi connectivity index (χ0n) is 10.8. The number of sulfonamides is 1. The summed E-state index contributed by atoms with van der Waals surface area (Å²) < 4.78 is 26.7. The van der Waals surface area contributed by atoms with E-state index < -0.39 is 10.0 Å². The van der Waals surface area contributed by atoms with Crippen LogP contribution in [-0.2, 0) is 10.0 Å². The van der Waals surface area contributed by atoms with Crippen LogP contribution in [0.1, 0.15) is 39.4 Å². The number of nitrogens with one attached hydrogen (secondary N) is 2. The maximum Gasteiger partial charge on any atom is 0.257 e. The Kier molecular flexibility index (Phi) is 4.70. The van der Waals surface area contributed by atoms with Crippen molar-refractivity contribution < 1.29 is 8.42 Å². The molecule has 0 radical (unpaired) electrons. The van der Waals surface area contributed by atoms with Crippen molar-refractivity contribution in [3.05, 3.63) is 12.0 Å². The normalized spacial score (nSPS) is 14.2. The van der Waals surface area contributed by atoms with Gasteiger partial charge in [0.15, 0.2) is 5.03 Å². The van der Waals surface area contributed by atoms with E-state index in [0.29, 0.717) is 11.7 Å². The van der Waals surface area contributed by atoms with Crippen LogP contribution in [0.15, 0.2) is 11.2 Å². The molecule has 0 aliphatic carbocycles. The lowest BCUT2D eigenvalue weighted by Crippen LogP contribution is -2.37. The highest BCUT2D eigenvalue weighted by atomic mass is 32.2. The molecule has 2 N–H and O–H groups in total. The van der Waals surface area contributed by atoms with E-state index in [0.717, 1.165) is 12.8 Å². The largest absolute Gasteiger partial charge is 0.332 e. The Morgan fingerprint density at radius 3 is 2.41 bits per heavy atom. The first-order valence-corrected chi connectivity index (χ1v) is 7.43. The third kappa shape index (κ3) is 3.54. The molecular weight excluding hydrogens is 238 g/mol. The van der Waals surface area contributed by atoms with Gasteiger partial charge in [-0.3, -0.25) is 0 Å². The van der Waals surface area contributed by atoms with E-state index in [1.54, 1.807) is 6.92 Å². The van der Waals surface area contributed by atoms with E-state index in [-0.39, 0.29) is 11.1 Å². The van der Waals surface area contributed by atoms with Gasteiger partial charge in [-0.2, -0.15) is 0 Å². The van der Waals surface area contributed by atoms with Crippen molar-refractivity contribution in [1.29, 1.82) is 0 Å². The highest BCUT2D eigenvalue weighted by Crippen LogP contribution is 2.15. The van der Waals surface area contributed by atoms with Crippen molar-refractivity contribution in [1.82, 2.24) is 14.7 Å². The van der Waals surface area contributed by atoms with Crippen molar-refractivity contribution in [2.75, 3.05) is 0 Å². The van der Waals surface area contributed by atoms with Gasteiger partial charge < -0.3 is 4.98 Å². The van der Waals surface area contributed by atoms with Crippen LogP contribution in [-0.4, -0.2) is 24.4 Å². The van der Waals surface area contributed by atoms with Gasteiger partial charge in [0.25, 0.3) is 10.0 Å². The molecule has 1 unspecified atom stereocenters. The second kappa shape index (κ2) is 5.64.